The van der Waals surface area contributed by atoms with Gasteiger partial charge in [0.25, 0.3) is 0 Å². The van der Waals surface area contributed by atoms with Crippen molar-refractivity contribution in [3.63, 3.8) is 0 Å². The summed E-state index contributed by atoms with van der Waals surface area (Å²) in [5.41, 5.74) is 0. The van der Waals surface area contributed by atoms with Crippen molar-refractivity contribution in [3.05, 3.63) is 5.82 Å². The first-order valence-corrected chi connectivity index (χ1v) is 6.71. The van der Waals surface area contributed by atoms with Gasteiger partial charge in [-0.25, -0.2) is 4.98 Å². The predicted molar refractivity (Wildman–Crippen MR) is 64.7 cm³/mol. The third-order valence-corrected chi connectivity index (χ3v) is 3.64. The van der Waals surface area contributed by atoms with Gasteiger partial charge in [0.2, 0.25) is 0 Å². The minimum atomic E-state index is 0.829. The van der Waals surface area contributed by atoms with Crippen molar-refractivity contribution in [2.75, 3.05) is 32.6 Å². The first-order chi connectivity index (χ1) is 7.33. The Balaban J connectivity index is 1.93. The van der Waals surface area contributed by atoms with Crippen LogP contribution in [0.2, 0.25) is 0 Å². The number of nitrogens with one attached hydrogen (secondary N) is 1. The molecule has 0 spiro atoms. The SMILES string of the molecule is COCCCNCCSc1nc(C)ns1. The van der Waals surface area contributed by atoms with E-state index in [1.807, 2.05) is 6.92 Å². The van der Waals surface area contributed by atoms with Crippen molar-refractivity contribution in [3.8, 4) is 0 Å². The Labute approximate surface area is 99.0 Å². The zero-order valence-electron chi connectivity index (χ0n) is 9.15. The molecule has 1 aromatic heterocycles. The van der Waals surface area contributed by atoms with Crippen LogP contribution in [0.5, 0.6) is 0 Å². The van der Waals surface area contributed by atoms with E-state index in [1.54, 1.807) is 18.9 Å². The van der Waals surface area contributed by atoms with Crippen LogP contribution in [0.25, 0.3) is 0 Å². The first kappa shape index (κ1) is 12.9. The molecule has 1 N–H and O–H groups in total. The van der Waals surface area contributed by atoms with Crippen LogP contribution >= 0.6 is 23.3 Å². The molecule has 1 aromatic rings. The number of thioether (sulfide) groups is 1. The number of nitrogens with zero attached hydrogens (tertiary/aromatic N) is 2. The van der Waals surface area contributed by atoms with Gasteiger partial charge in [-0.15, -0.1) is 0 Å². The topological polar surface area (TPSA) is 47.0 Å². The maximum atomic E-state index is 4.96. The van der Waals surface area contributed by atoms with Crippen molar-refractivity contribution >= 4 is 23.3 Å². The summed E-state index contributed by atoms with van der Waals surface area (Å²) < 4.78 is 10.1. The molecule has 0 aliphatic carbocycles. The second kappa shape index (κ2) is 8.04. The fourth-order valence-electron chi connectivity index (χ4n) is 1.01. The van der Waals surface area contributed by atoms with Crippen molar-refractivity contribution in [1.82, 2.24) is 14.7 Å². The molecule has 0 unspecified atom stereocenters. The standard InChI is InChI=1S/C9H17N3OS2/c1-8-11-9(15-12-8)14-7-5-10-4-3-6-13-2/h10H,3-7H2,1-2H3. The lowest BCUT2D eigenvalue weighted by atomic mass is 10.4. The smallest absolute Gasteiger partial charge is 0.170 e. The van der Waals surface area contributed by atoms with E-state index >= 15 is 0 Å². The van der Waals surface area contributed by atoms with Crippen LogP contribution in [0.1, 0.15) is 12.2 Å². The Hall–Kier alpha value is -0.170. The second-order valence-corrected chi connectivity index (χ2v) is 5.15. The van der Waals surface area contributed by atoms with Gasteiger partial charge in [-0.05, 0) is 31.4 Å². The third kappa shape index (κ3) is 6.09. The average Bonchev–Trinajstić information content (AvgIpc) is 2.63. The molecule has 0 aliphatic rings. The molecular weight excluding hydrogens is 230 g/mol. The van der Waals surface area contributed by atoms with E-state index in [-0.39, 0.29) is 0 Å². The van der Waals surface area contributed by atoms with Gasteiger partial charge in [0.15, 0.2) is 4.34 Å². The molecule has 15 heavy (non-hydrogen) atoms. The maximum absolute atomic E-state index is 4.96. The van der Waals surface area contributed by atoms with Gasteiger partial charge < -0.3 is 10.1 Å². The fourth-order valence-corrected chi connectivity index (χ4v) is 2.63. The first-order valence-electron chi connectivity index (χ1n) is 4.95. The molecule has 0 amide bonds. The molecule has 6 heteroatoms. The maximum Gasteiger partial charge on any atom is 0.170 e. The summed E-state index contributed by atoms with van der Waals surface area (Å²) >= 11 is 3.23. The van der Waals surface area contributed by atoms with E-state index in [4.69, 9.17) is 4.74 Å². The van der Waals surface area contributed by atoms with Gasteiger partial charge in [0, 0.05) is 26.0 Å². The van der Waals surface area contributed by atoms with Crippen LogP contribution in [0.4, 0.5) is 0 Å². The Bertz CT molecular complexity index is 268. The van der Waals surface area contributed by atoms with E-state index in [2.05, 4.69) is 14.7 Å². The monoisotopic (exact) mass is 247 g/mol. The third-order valence-electron chi connectivity index (χ3n) is 1.72. The van der Waals surface area contributed by atoms with Gasteiger partial charge in [0.1, 0.15) is 5.82 Å². The van der Waals surface area contributed by atoms with Crippen molar-refractivity contribution < 1.29 is 4.74 Å². The fraction of sp³-hybridized carbons (Fsp3) is 0.778. The van der Waals surface area contributed by atoms with E-state index < -0.39 is 0 Å². The predicted octanol–water partition coefficient (Wildman–Crippen LogP) is 1.56. The summed E-state index contributed by atoms with van der Waals surface area (Å²) in [5.74, 6) is 1.91. The molecule has 1 heterocycles. The number of methoxy groups -OCH3 is 1. The minimum absolute atomic E-state index is 0.829. The molecule has 0 aliphatic heterocycles. The zero-order chi connectivity index (χ0) is 10.9. The molecular formula is C9H17N3OS2. The Kier molecular flexibility index (Phi) is 6.91. The van der Waals surface area contributed by atoms with E-state index in [9.17, 15) is 0 Å². The van der Waals surface area contributed by atoms with Gasteiger partial charge in [0.05, 0.1) is 0 Å². The number of aromatic nitrogens is 2. The number of ether oxygens (including phenoxy) is 1. The molecule has 86 valence electrons. The van der Waals surface area contributed by atoms with Crippen LogP contribution in [0.15, 0.2) is 4.34 Å². The highest BCUT2D eigenvalue weighted by Crippen LogP contribution is 2.18. The van der Waals surface area contributed by atoms with Crippen LogP contribution in [-0.4, -0.2) is 41.9 Å². The molecule has 1 rings (SSSR count). The molecule has 0 saturated heterocycles. The van der Waals surface area contributed by atoms with Crippen molar-refractivity contribution in [2.45, 2.75) is 17.7 Å². The van der Waals surface area contributed by atoms with Gasteiger partial charge >= 0.3 is 0 Å². The quantitative estimate of drug-likeness (QED) is 0.558. The summed E-state index contributed by atoms with van der Waals surface area (Å²) in [6.07, 6.45) is 1.07. The lowest BCUT2D eigenvalue weighted by Crippen LogP contribution is -2.19. The summed E-state index contributed by atoms with van der Waals surface area (Å²) in [7, 11) is 1.73. The van der Waals surface area contributed by atoms with E-state index in [0.29, 0.717) is 0 Å². The van der Waals surface area contributed by atoms with Crippen LogP contribution < -0.4 is 5.32 Å². The van der Waals surface area contributed by atoms with E-state index in [1.165, 1.54) is 11.5 Å². The van der Waals surface area contributed by atoms with Crippen LogP contribution in [-0.2, 0) is 4.74 Å². The number of hydrogen-bond donors (Lipinski definition) is 1. The van der Waals surface area contributed by atoms with Gasteiger partial charge in [-0.1, -0.05) is 11.8 Å². The van der Waals surface area contributed by atoms with Crippen LogP contribution in [0.3, 0.4) is 0 Å². The van der Waals surface area contributed by atoms with Crippen molar-refractivity contribution in [2.24, 2.45) is 0 Å². The molecule has 0 aromatic carbocycles. The normalized spacial score (nSPS) is 10.8. The highest BCUT2D eigenvalue weighted by molar-refractivity contribution is 8.00. The van der Waals surface area contributed by atoms with E-state index in [0.717, 1.165) is 42.0 Å². The molecule has 4 nitrogen and oxygen atoms in total. The Morgan fingerprint density at radius 2 is 2.33 bits per heavy atom. The zero-order valence-corrected chi connectivity index (χ0v) is 10.8. The highest BCUT2D eigenvalue weighted by Gasteiger charge is 1.99. The largest absolute Gasteiger partial charge is 0.385 e. The highest BCUT2D eigenvalue weighted by atomic mass is 32.2. The number of aryl methyl sites for hydroxylation is 1. The Morgan fingerprint density at radius 3 is 3.00 bits per heavy atom. The minimum Gasteiger partial charge on any atom is -0.385 e. The summed E-state index contributed by atoms with van der Waals surface area (Å²) in [4.78, 5) is 4.28. The molecule has 0 bridgehead atoms. The summed E-state index contributed by atoms with van der Waals surface area (Å²) in [5, 5.41) is 3.35. The van der Waals surface area contributed by atoms with Gasteiger partial charge in [-0.3, -0.25) is 0 Å². The molecule has 0 atom stereocenters. The van der Waals surface area contributed by atoms with Gasteiger partial charge in [-0.2, -0.15) is 4.37 Å². The van der Waals surface area contributed by atoms with Crippen molar-refractivity contribution in [1.29, 1.82) is 0 Å². The summed E-state index contributed by atoms with van der Waals surface area (Å²) in [6, 6.07) is 0. The molecule has 0 fully saturated rings. The second-order valence-electron chi connectivity index (χ2n) is 3.05. The molecule has 0 radical (unpaired) electrons. The average molecular weight is 247 g/mol. The summed E-state index contributed by atoms with van der Waals surface area (Å²) in [6.45, 7) is 4.77. The number of rotatable bonds is 8. The molecule has 0 saturated carbocycles. The number of hydrogen-bond acceptors (Lipinski definition) is 6. The lowest BCUT2D eigenvalue weighted by Gasteiger charge is -2.02. The Morgan fingerprint density at radius 1 is 1.47 bits per heavy atom. The lowest BCUT2D eigenvalue weighted by molar-refractivity contribution is 0.194. The van der Waals surface area contributed by atoms with Crippen LogP contribution in [0, 0.1) is 6.92 Å².